The van der Waals surface area contributed by atoms with Gasteiger partial charge < -0.3 is 15.7 Å². The minimum Gasteiger partial charge on any atom is -0.394 e. The van der Waals surface area contributed by atoms with Crippen molar-refractivity contribution in [2.24, 2.45) is 11.8 Å². The third-order valence-electron chi connectivity index (χ3n) is 2.99. The third kappa shape index (κ3) is 4.49. The molecule has 3 N–H and O–H groups in total. The molecule has 0 aromatic heterocycles. The van der Waals surface area contributed by atoms with E-state index in [1.807, 2.05) is 0 Å². The monoisotopic (exact) mass is 228 g/mol. The zero-order valence-electron chi connectivity index (χ0n) is 10.3. The van der Waals surface area contributed by atoms with Crippen molar-refractivity contribution in [3.63, 3.8) is 0 Å². The maximum absolute atomic E-state index is 11.9. The summed E-state index contributed by atoms with van der Waals surface area (Å²) in [5, 5.41) is 15.4. The second kappa shape index (κ2) is 6.86. The van der Waals surface area contributed by atoms with Gasteiger partial charge in [-0.2, -0.15) is 0 Å². The molecule has 0 radical (unpaired) electrons. The first kappa shape index (κ1) is 13.5. The van der Waals surface area contributed by atoms with Crippen LogP contribution in [0.1, 0.15) is 33.1 Å². The van der Waals surface area contributed by atoms with E-state index in [9.17, 15) is 9.90 Å². The fraction of sp³-hybridized carbons (Fsp3) is 0.917. The van der Waals surface area contributed by atoms with Gasteiger partial charge in [0.2, 0.25) is 5.91 Å². The van der Waals surface area contributed by atoms with E-state index in [0.29, 0.717) is 5.92 Å². The number of nitrogens with one attached hydrogen (secondary N) is 2. The Balaban J connectivity index is 2.35. The Hall–Kier alpha value is -0.610. The number of amides is 1. The van der Waals surface area contributed by atoms with E-state index in [0.717, 1.165) is 32.4 Å². The van der Waals surface area contributed by atoms with Crippen molar-refractivity contribution in [1.29, 1.82) is 0 Å². The normalized spacial score (nSPS) is 23.1. The first-order valence-corrected chi connectivity index (χ1v) is 6.25. The van der Waals surface area contributed by atoms with E-state index in [2.05, 4.69) is 24.5 Å². The average Bonchev–Trinajstić information content (AvgIpc) is 2.28. The SMILES string of the molecule is CC(C)CC(CO)NC(=O)[C@@H]1CCCNC1. The zero-order valence-corrected chi connectivity index (χ0v) is 10.3. The predicted octanol–water partition coefficient (Wildman–Crippen LogP) is 0.509. The molecule has 0 aromatic rings. The van der Waals surface area contributed by atoms with Crippen LogP contribution in [0.25, 0.3) is 0 Å². The van der Waals surface area contributed by atoms with Crippen LogP contribution in [0.4, 0.5) is 0 Å². The molecule has 4 nitrogen and oxygen atoms in total. The van der Waals surface area contributed by atoms with E-state index in [1.165, 1.54) is 0 Å². The molecule has 2 atom stereocenters. The Kier molecular flexibility index (Phi) is 5.77. The van der Waals surface area contributed by atoms with Gasteiger partial charge in [0.05, 0.1) is 18.6 Å². The number of piperidine rings is 1. The molecule has 1 unspecified atom stereocenters. The predicted molar refractivity (Wildman–Crippen MR) is 64.1 cm³/mol. The van der Waals surface area contributed by atoms with Gasteiger partial charge in [-0.05, 0) is 31.7 Å². The van der Waals surface area contributed by atoms with Gasteiger partial charge >= 0.3 is 0 Å². The molecule has 1 aliphatic rings. The van der Waals surface area contributed by atoms with Gasteiger partial charge in [0.25, 0.3) is 0 Å². The molecule has 0 saturated carbocycles. The fourth-order valence-corrected chi connectivity index (χ4v) is 2.14. The summed E-state index contributed by atoms with van der Waals surface area (Å²) in [6.07, 6.45) is 2.85. The number of hydrogen-bond donors (Lipinski definition) is 3. The summed E-state index contributed by atoms with van der Waals surface area (Å²) in [5.74, 6) is 0.656. The molecule has 1 saturated heterocycles. The van der Waals surface area contributed by atoms with Crippen LogP contribution < -0.4 is 10.6 Å². The van der Waals surface area contributed by atoms with Crippen LogP contribution in [0.15, 0.2) is 0 Å². The molecule has 16 heavy (non-hydrogen) atoms. The molecular formula is C12H24N2O2. The number of hydrogen-bond acceptors (Lipinski definition) is 3. The molecule has 1 rings (SSSR count). The average molecular weight is 228 g/mol. The second-order valence-corrected chi connectivity index (χ2v) is 5.06. The summed E-state index contributed by atoms with van der Waals surface area (Å²) in [4.78, 5) is 11.9. The molecule has 1 amide bonds. The van der Waals surface area contributed by atoms with Gasteiger partial charge in [0.1, 0.15) is 0 Å². The molecule has 0 aliphatic carbocycles. The number of carbonyl (C=O) groups is 1. The van der Waals surface area contributed by atoms with Crippen molar-refractivity contribution < 1.29 is 9.90 Å². The zero-order chi connectivity index (χ0) is 12.0. The van der Waals surface area contributed by atoms with Crippen molar-refractivity contribution >= 4 is 5.91 Å². The number of aliphatic hydroxyl groups excluding tert-OH is 1. The molecule has 1 heterocycles. The van der Waals surface area contributed by atoms with Crippen LogP contribution in [0.5, 0.6) is 0 Å². The van der Waals surface area contributed by atoms with Crippen LogP contribution in [0.3, 0.4) is 0 Å². The summed E-state index contributed by atoms with van der Waals surface area (Å²) in [6.45, 7) is 6.00. The molecule has 4 heteroatoms. The summed E-state index contributed by atoms with van der Waals surface area (Å²) >= 11 is 0. The highest BCUT2D eigenvalue weighted by Gasteiger charge is 2.23. The second-order valence-electron chi connectivity index (χ2n) is 5.06. The topological polar surface area (TPSA) is 61.4 Å². The summed E-state index contributed by atoms with van der Waals surface area (Å²) in [7, 11) is 0. The molecule has 94 valence electrons. The Morgan fingerprint density at radius 3 is 2.81 bits per heavy atom. The summed E-state index contributed by atoms with van der Waals surface area (Å²) in [5.41, 5.74) is 0. The molecule has 1 aliphatic heterocycles. The lowest BCUT2D eigenvalue weighted by molar-refractivity contribution is -0.126. The van der Waals surface area contributed by atoms with Gasteiger partial charge in [-0.15, -0.1) is 0 Å². The fourth-order valence-electron chi connectivity index (χ4n) is 2.14. The standard InChI is InChI=1S/C12H24N2O2/c1-9(2)6-11(8-15)14-12(16)10-4-3-5-13-7-10/h9-11,13,15H,3-8H2,1-2H3,(H,14,16)/t10-,11?/m1/s1. The van der Waals surface area contributed by atoms with E-state index >= 15 is 0 Å². The Morgan fingerprint density at radius 1 is 1.56 bits per heavy atom. The van der Waals surface area contributed by atoms with Gasteiger partial charge in [-0.1, -0.05) is 13.8 Å². The Morgan fingerprint density at radius 2 is 2.31 bits per heavy atom. The van der Waals surface area contributed by atoms with Crippen molar-refractivity contribution in [1.82, 2.24) is 10.6 Å². The first-order valence-electron chi connectivity index (χ1n) is 6.25. The highest BCUT2D eigenvalue weighted by atomic mass is 16.3. The maximum atomic E-state index is 11.9. The van der Waals surface area contributed by atoms with E-state index in [4.69, 9.17) is 0 Å². The van der Waals surface area contributed by atoms with Crippen molar-refractivity contribution in [3.05, 3.63) is 0 Å². The van der Waals surface area contributed by atoms with Gasteiger partial charge in [-0.3, -0.25) is 4.79 Å². The lowest BCUT2D eigenvalue weighted by atomic mass is 9.97. The van der Waals surface area contributed by atoms with Crippen LogP contribution in [0, 0.1) is 11.8 Å². The third-order valence-corrected chi connectivity index (χ3v) is 2.99. The number of rotatable bonds is 5. The van der Waals surface area contributed by atoms with E-state index < -0.39 is 0 Å². The summed E-state index contributed by atoms with van der Waals surface area (Å²) < 4.78 is 0. The maximum Gasteiger partial charge on any atom is 0.224 e. The minimum atomic E-state index is -0.0885. The molecule has 0 bridgehead atoms. The van der Waals surface area contributed by atoms with E-state index in [-0.39, 0.29) is 24.5 Å². The quantitative estimate of drug-likeness (QED) is 0.642. The lowest BCUT2D eigenvalue weighted by Crippen LogP contribution is -2.46. The van der Waals surface area contributed by atoms with Crippen molar-refractivity contribution in [3.8, 4) is 0 Å². The highest BCUT2D eigenvalue weighted by molar-refractivity contribution is 5.79. The first-order chi connectivity index (χ1) is 7.63. The largest absolute Gasteiger partial charge is 0.394 e. The van der Waals surface area contributed by atoms with Gasteiger partial charge in [0, 0.05) is 6.54 Å². The van der Waals surface area contributed by atoms with E-state index in [1.54, 1.807) is 0 Å². The molecule has 1 fully saturated rings. The Bertz CT molecular complexity index is 213. The highest BCUT2D eigenvalue weighted by Crippen LogP contribution is 2.11. The smallest absolute Gasteiger partial charge is 0.224 e. The van der Waals surface area contributed by atoms with Crippen molar-refractivity contribution in [2.75, 3.05) is 19.7 Å². The minimum absolute atomic E-state index is 0.0318. The van der Waals surface area contributed by atoms with Crippen LogP contribution in [-0.4, -0.2) is 36.8 Å². The number of aliphatic hydroxyl groups is 1. The van der Waals surface area contributed by atoms with Crippen molar-refractivity contribution in [2.45, 2.75) is 39.2 Å². The lowest BCUT2D eigenvalue weighted by Gasteiger charge is -2.25. The Labute approximate surface area is 97.8 Å². The molecule has 0 spiro atoms. The molecule has 0 aromatic carbocycles. The van der Waals surface area contributed by atoms with Gasteiger partial charge in [-0.25, -0.2) is 0 Å². The molecular weight excluding hydrogens is 204 g/mol. The van der Waals surface area contributed by atoms with Crippen LogP contribution in [0.2, 0.25) is 0 Å². The van der Waals surface area contributed by atoms with Crippen LogP contribution in [-0.2, 0) is 4.79 Å². The summed E-state index contributed by atoms with van der Waals surface area (Å²) in [6, 6.07) is -0.0885. The van der Waals surface area contributed by atoms with Gasteiger partial charge in [0.15, 0.2) is 0 Å². The number of carbonyl (C=O) groups excluding carboxylic acids is 1. The van der Waals surface area contributed by atoms with Crippen LogP contribution >= 0.6 is 0 Å².